The third-order valence-corrected chi connectivity index (χ3v) is 5.97. The number of nitrogens with one attached hydrogen (secondary N) is 1. The van der Waals surface area contributed by atoms with Crippen LogP contribution in [0.15, 0.2) is 83.1 Å². The molecule has 7 nitrogen and oxygen atoms in total. The van der Waals surface area contributed by atoms with E-state index >= 15 is 0 Å². The number of halogens is 2. The van der Waals surface area contributed by atoms with E-state index in [4.69, 9.17) is 16.3 Å². The molecule has 172 valence electrons. The zero-order valence-corrected chi connectivity index (χ0v) is 19.6. The Morgan fingerprint density at radius 3 is 2.59 bits per heavy atom. The summed E-state index contributed by atoms with van der Waals surface area (Å²) in [5, 5.41) is 13.2. The Bertz CT molecular complexity index is 1290. The predicted molar refractivity (Wildman–Crippen MR) is 131 cm³/mol. The molecule has 3 aromatic carbocycles. The number of rotatable bonds is 8. The van der Waals surface area contributed by atoms with Gasteiger partial charge in [-0.25, -0.2) is 9.82 Å². The summed E-state index contributed by atoms with van der Waals surface area (Å²) < 4.78 is 20.9. The first-order chi connectivity index (χ1) is 16.6. The van der Waals surface area contributed by atoms with E-state index in [0.29, 0.717) is 11.0 Å². The van der Waals surface area contributed by atoms with Crippen LogP contribution in [0.25, 0.3) is 17.1 Å². The summed E-state index contributed by atoms with van der Waals surface area (Å²) in [5.74, 6) is 0.474. The molecule has 0 saturated carbocycles. The van der Waals surface area contributed by atoms with E-state index in [0.717, 1.165) is 17.0 Å². The Hall–Kier alpha value is -3.69. The number of hydrogen-bond acceptors (Lipinski definition) is 6. The molecule has 1 N–H and O–H groups in total. The SMILES string of the molecule is COc1ccc(-c2nnc(SCC(=O)N/N=C/c3c(F)cccc3Cl)n2-c2ccccc2)cc1. The first-order valence-corrected chi connectivity index (χ1v) is 11.5. The predicted octanol–water partition coefficient (Wildman–Crippen LogP) is 4.98. The second-order valence-electron chi connectivity index (χ2n) is 6.92. The molecule has 4 aromatic rings. The molecule has 0 aliphatic rings. The summed E-state index contributed by atoms with van der Waals surface area (Å²) >= 11 is 7.16. The van der Waals surface area contributed by atoms with E-state index in [1.165, 1.54) is 30.1 Å². The van der Waals surface area contributed by atoms with Gasteiger partial charge >= 0.3 is 0 Å². The third-order valence-electron chi connectivity index (χ3n) is 4.71. The number of amides is 1. The molecule has 1 aromatic heterocycles. The first-order valence-electron chi connectivity index (χ1n) is 10.1. The number of nitrogens with zero attached hydrogens (tertiary/aromatic N) is 4. The van der Waals surface area contributed by atoms with Gasteiger partial charge in [0.1, 0.15) is 11.6 Å². The molecule has 1 amide bonds. The smallest absolute Gasteiger partial charge is 0.250 e. The highest BCUT2D eigenvalue weighted by Crippen LogP contribution is 2.29. The fourth-order valence-electron chi connectivity index (χ4n) is 3.07. The van der Waals surface area contributed by atoms with Crippen molar-refractivity contribution in [3.05, 3.63) is 89.2 Å². The van der Waals surface area contributed by atoms with Crippen LogP contribution in [0.4, 0.5) is 4.39 Å². The normalized spacial score (nSPS) is 11.0. The fraction of sp³-hybridized carbons (Fsp3) is 0.0833. The fourth-order valence-corrected chi connectivity index (χ4v) is 4.02. The van der Waals surface area contributed by atoms with Crippen LogP contribution < -0.4 is 10.2 Å². The summed E-state index contributed by atoms with van der Waals surface area (Å²) in [6, 6.07) is 21.4. The number of methoxy groups -OCH3 is 1. The summed E-state index contributed by atoms with van der Waals surface area (Å²) in [5.41, 5.74) is 4.18. The lowest BCUT2D eigenvalue weighted by atomic mass is 10.2. The number of thioether (sulfide) groups is 1. The molecule has 0 unspecified atom stereocenters. The largest absolute Gasteiger partial charge is 0.497 e. The van der Waals surface area contributed by atoms with Gasteiger partial charge in [0.05, 0.1) is 24.1 Å². The highest BCUT2D eigenvalue weighted by atomic mass is 35.5. The Morgan fingerprint density at radius 1 is 1.12 bits per heavy atom. The number of aromatic nitrogens is 3. The molecule has 0 aliphatic carbocycles. The molecule has 0 spiro atoms. The number of hydrazone groups is 1. The first kappa shape index (κ1) is 23.5. The van der Waals surface area contributed by atoms with Gasteiger partial charge in [-0.15, -0.1) is 10.2 Å². The minimum atomic E-state index is -0.526. The maximum Gasteiger partial charge on any atom is 0.250 e. The van der Waals surface area contributed by atoms with Gasteiger partial charge < -0.3 is 4.74 Å². The van der Waals surface area contributed by atoms with E-state index < -0.39 is 5.82 Å². The van der Waals surface area contributed by atoms with Gasteiger partial charge in [0.2, 0.25) is 0 Å². The Balaban J connectivity index is 1.51. The highest BCUT2D eigenvalue weighted by molar-refractivity contribution is 7.99. The highest BCUT2D eigenvalue weighted by Gasteiger charge is 2.17. The van der Waals surface area contributed by atoms with Crippen molar-refractivity contribution in [2.45, 2.75) is 5.16 Å². The Labute approximate surface area is 204 Å². The van der Waals surface area contributed by atoms with Crippen LogP contribution in [-0.2, 0) is 4.79 Å². The van der Waals surface area contributed by atoms with Gasteiger partial charge in [0, 0.05) is 16.8 Å². The second kappa shape index (κ2) is 11.0. The van der Waals surface area contributed by atoms with Gasteiger partial charge in [-0.05, 0) is 48.5 Å². The molecule has 0 fully saturated rings. The molecule has 1 heterocycles. The summed E-state index contributed by atoms with van der Waals surface area (Å²) in [6.07, 6.45) is 1.18. The third kappa shape index (κ3) is 5.44. The van der Waals surface area contributed by atoms with Crippen LogP contribution in [0, 0.1) is 5.82 Å². The molecule has 0 atom stereocenters. The van der Waals surface area contributed by atoms with Gasteiger partial charge in [-0.3, -0.25) is 9.36 Å². The number of ether oxygens (including phenoxy) is 1. The van der Waals surface area contributed by atoms with Crippen molar-refractivity contribution in [1.29, 1.82) is 0 Å². The van der Waals surface area contributed by atoms with E-state index in [2.05, 4.69) is 20.7 Å². The summed E-state index contributed by atoms with van der Waals surface area (Å²) in [7, 11) is 1.61. The van der Waals surface area contributed by atoms with E-state index in [1.54, 1.807) is 13.2 Å². The second-order valence-corrected chi connectivity index (χ2v) is 8.27. The number of para-hydroxylation sites is 1. The van der Waals surface area contributed by atoms with E-state index in [-0.39, 0.29) is 22.2 Å². The Morgan fingerprint density at radius 2 is 1.88 bits per heavy atom. The van der Waals surface area contributed by atoms with Crippen molar-refractivity contribution >= 4 is 35.5 Å². The lowest BCUT2D eigenvalue weighted by Crippen LogP contribution is -2.20. The lowest BCUT2D eigenvalue weighted by molar-refractivity contribution is -0.118. The van der Waals surface area contributed by atoms with E-state index in [9.17, 15) is 9.18 Å². The van der Waals surface area contributed by atoms with Gasteiger partial charge in [0.15, 0.2) is 11.0 Å². The van der Waals surface area contributed by atoms with Crippen LogP contribution in [0.3, 0.4) is 0 Å². The van der Waals surface area contributed by atoms with Gasteiger partial charge in [-0.1, -0.05) is 47.6 Å². The van der Waals surface area contributed by atoms with E-state index in [1.807, 2.05) is 59.2 Å². The molecule has 34 heavy (non-hydrogen) atoms. The average Bonchev–Trinajstić information content (AvgIpc) is 3.29. The minimum absolute atomic E-state index is 0.0237. The zero-order valence-electron chi connectivity index (χ0n) is 18.0. The van der Waals surface area contributed by atoms with Crippen molar-refractivity contribution in [2.75, 3.05) is 12.9 Å². The average molecular weight is 496 g/mol. The number of carbonyl (C=O) groups is 1. The van der Waals surface area contributed by atoms with Crippen molar-refractivity contribution in [2.24, 2.45) is 5.10 Å². The number of benzene rings is 3. The summed E-state index contributed by atoms with van der Waals surface area (Å²) in [6.45, 7) is 0. The maximum absolute atomic E-state index is 13.8. The zero-order chi connectivity index (χ0) is 23.9. The van der Waals surface area contributed by atoms with Crippen LogP contribution in [0.5, 0.6) is 5.75 Å². The Kier molecular flexibility index (Phi) is 7.56. The monoisotopic (exact) mass is 495 g/mol. The van der Waals surface area contributed by atoms with Crippen molar-refractivity contribution in [1.82, 2.24) is 20.2 Å². The van der Waals surface area contributed by atoms with Crippen LogP contribution in [0.2, 0.25) is 5.02 Å². The topological polar surface area (TPSA) is 81.4 Å². The molecular formula is C24H19ClFN5O2S. The molecule has 4 rings (SSSR count). The lowest BCUT2D eigenvalue weighted by Gasteiger charge is -2.10. The van der Waals surface area contributed by atoms with Crippen molar-refractivity contribution in [3.8, 4) is 22.8 Å². The van der Waals surface area contributed by atoms with Crippen LogP contribution in [-0.4, -0.2) is 39.7 Å². The van der Waals surface area contributed by atoms with Gasteiger partial charge in [0.25, 0.3) is 5.91 Å². The number of carbonyl (C=O) groups excluding carboxylic acids is 1. The molecule has 0 saturated heterocycles. The minimum Gasteiger partial charge on any atom is -0.497 e. The molecular weight excluding hydrogens is 477 g/mol. The molecule has 0 aliphatic heterocycles. The van der Waals surface area contributed by atoms with Crippen molar-refractivity contribution in [3.63, 3.8) is 0 Å². The van der Waals surface area contributed by atoms with Crippen molar-refractivity contribution < 1.29 is 13.9 Å². The van der Waals surface area contributed by atoms with Gasteiger partial charge in [-0.2, -0.15) is 5.10 Å². The van der Waals surface area contributed by atoms with Crippen LogP contribution >= 0.6 is 23.4 Å². The standard InChI is InChI=1S/C24H19ClFN5O2S/c1-33-18-12-10-16(11-13-18)23-29-30-24(31(23)17-6-3-2-4-7-17)34-15-22(32)28-27-14-19-20(25)8-5-9-21(19)26/h2-14H,15H2,1H3,(H,28,32)/b27-14+. The quantitative estimate of drug-likeness (QED) is 0.212. The molecule has 10 heteroatoms. The molecule has 0 radical (unpaired) electrons. The number of hydrogen-bond donors (Lipinski definition) is 1. The molecule has 0 bridgehead atoms. The maximum atomic E-state index is 13.8. The summed E-state index contributed by atoms with van der Waals surface area (Å²) in [4.78, 5) is 12.3. The van der Waals surface area contributed by atoms with Crippen LogP contribution in [0.1, 0.15) is 5.56 Å².